The van der Waals surface area contributed by atoms with Crippen molar-refractivity contribution >= 4 is 35.7 Å². The molecule has 0 aliphatic rings. The fraction of sp³-hybridized carbons (Fsp3) is 0.739. The van der Waals surface area contributed by atoms with Crippen LogP contribution in [0, 0.1) is 5.92 Å². The summed E-state index contributed by atoms with van der Waals surface area (Å²) >= 11 is 0. The van der Waals surface area contributed by atoms with Crippen LogP contribution in [0.15, 0.2) is 0 Å². The Morgan fingerprint density at radius 1 is 0.944 bits per heavy atom. The van der Waals surface area contributed by atoms with Crippen molar-refractivity contribution in [2.45, 2.75) is 97.4 Å². The van der Waals surface area contributed by atoms with Gasteiger partial charge in [-0.25, -0.2) is 9.59 Å². The van der Waals surface area contributed by atoms with Crippen LogP contribution in [0.25, 0.3) is 0 Å². The molecule has 0 heterocycles. The molecule has 0 aromatic carbocycles. The molecular weight excluding hydrogens is 474 g/mol. The Balaban J connectivity index is 5.39. The van der Waals surface area contributed by atoms with Crippen LogP contribution < -0.4 is 27.0 Å². The van der Waals surface area contributed by atoms with Crippen LogP contribution >= 0.6 is 0 Å². The van der Waals surface area contributed by atoms with Gasteiger partial charge in [-0.1, -0.05) is 20.3 Å². The number of ether oxygens (including phenoxy) is 1. The number of amides is 5. The van der Waals surface area contributed by atoms with Crippen molar-refractivity contribution < 1.29 is 38.6 Å². The number of carbonyl (C=O) groups is 6. The third kappa shape index (κ3) is 14.1. The third-order valence-corrected chi connectivity index (χ3v) is 5.13. The molecule has 13 nitrogen and oxygen atoms in total. The molecule has 13 heteroatoms. The van der Waals surface area contributed by atoms with Crippen molar-refractivity contribution in [3.63, 3.8) is 0 Å². The van der Waals surface area contributed by atoms with Gasteiger partial charge in [0, 0.05) is 19.9 Å². The first-order chi connectivity index (χ1) is 16.6. The molecule has 0 aliphatic heterocycles. The summed E-state index contributed by atoms with van der Waals surface area (Å²) in [6, 6.07) is -4.20. The van der Waals surface area contributed by atoms with E-state index in [9.17, 15) is 33.9 Å². The van der Waals surface area contributed by atoms with E-state index in [2.05, 4.69) is 21.3 Å². The fourth-order valence-electron chi connectivity index (χ4n) is 3.16. The Labute approximate surface area is 211 Å². The molecular formula is C23H41N5O8. The van der Waals surface area contributed by atoms with Crippen LogP contribution in [0.4, 0.5) is 4.79 Å². The zero-order valence-electron chi connectivity index (χ0n) is 21.9. The van der Waals surface area contributed by atoms with Gasteiger partial charge in [-0.2, -0.15) is 0 Å². The maximum atomic E-state index is 13.0. The predicted molar refractivity (Wildman–Crippen MR) is 130 cm³/mol. The van der Waals surface area contributed by atoms with Gasteiger partial charge in [-0.05, 0) is 46.0 Å². The van der Waals surface area contributed by atoms with E-state index < -0.39 is 59.4 Å². The summed E-state index contributed by atoms with van der Waals surface area (Å²) < 4.78 is 5.23. The Bertz CT molecular complexity index is 796. The van der Waals surface area contributed by atoms with Crippen LogP contribution in [-0.4, -0.2) is 71.1 Å². The molecule has 0 aliphatic carbocycles. The highest BCUT2D eigenvalue weighted by atomic mass is 16.6. The summed E-state index contributed by atoms with van der Waals surface area (Å²) in [6.45, 7) is 9.98. The first-order valence-corrected chi connectivity index (χ1v) is 11.9. The zero-order valence-corrected chi connectivity index (χ0v) is 21.9. The fourth-order valence-corrected chi connectivity index (χ4v) is 3.16. The quantitative estimate of drug-likeness (QED) is 0.130. The van der Waals surface area contributed by atoms with E-state index in [0.29, 0.717) is 6.42 Å². The summed E-state index contributed by atoms with van der Waals surface area (Å²) in [5.41, 5.74) is 4.27. The number of carboxylic acids is 1. The van der Waals surface area contributed by atoms with Gasteiger partial charge < -0.3 is 36.8 Å². The highest BCUT2D eigenvalue weighted by molar-refractivity contribution is 5.93. The molecule has 0 saturated heterocycles. The number of aliphatic carboxylic acids is 1. The molecule has 0 rings (SSSR count). The van der Waals surface area contributed by atoms with Gasteiger partial charge in [0.1, 0.15) is 23.7 Å². The van der Waals surface area contributed by atoms with Crippen molar-refractivity contribution in [1.29, 1.82) is 0 Å². The van der Waals surface area contributed by atoms with E-state index in [1.165, 1.54) is 6.92 Å². The molecule has 0 unspecified atom stereocenters. The van der Waals surface area contributed by atoms with Crippen LogP contribution in [0.3, 0.4) is 0 Å². The van der Waals surface area contributed by atoms with Gasteiger partial charge >= 0.3 is 18.0 Å². The van der Waals surface area contributed by atoms with Crippen molar-refractivity contribution in [1.82, 2.24) is 21.3 Å². The average Bonchev–Trinajstić information content (AvgIpc) is 2.74. The van der Waals surface area contributed by atoms with Gasteiger partial charge in [0.25, 0.3) is 0 Å². The maximum Gasteiger partial charge on any atom is 0.326 e. The Hall–Kier alpha value is -3.38. The number of primary amides is 1. The molecule has 0 aromatic heterocycles. The highest BCUT2D eigenvalue weighted by Gasteiger charge is 2.32. The maximum absolute atomic E-state index is 13.0. The molecule has 5 amide bonds. The lowest BCUT2D eigenvalue weighted by molar-refractivity contribution is -0.155. The lowest BCUT2D eigenvalue weighted by Crippen LogP contribution is -2.57. The first-order valence-electron chi connectivity index (χ1n) is 11.9. The van der Waals surface area contributed by atoms with Gasteiger partial charge in [0.15, 0.2) is 0 Å². The number of nitrogens with two attached hydrogens (primary N) is 1. The second-order valence-electron chi connectivity index (χ2n) is 9.58. The second kappa shape index (κ2) is 15.6. The van der Waals surface area contributed by atoms with Crippen molar-refractivity contribution in [3.05, 3.63) is 0 Å². The highest BCUT2D eigenvalue weighted by Crippen LogP contribution is 2.13. The summed E-state index contributed by atoms with van der Waals surface area (Å²) in [4.78, 5) is 72.0. The molecule has 4 atom stereocenters. The molecule has 206 valence electrons. The predicted octanol–water partition coefficient (Wildman–Crippen LogP) is 0.162. The number of rotatable bonds is 15. The summed E-state index contributed by atoms with van der Waals surface area (Å²) in [5, 5.41) is 19.3. The van der Waals surface area contributed by atoms with E-state index in [4.69, 9.17) is 10.5 Å². The average molecular weight is 516 g/mol. The molecule has 36 heavy (non-hydrogen) atoms. The van der Waals surface area contributed by atoms with Crippen molar-refractivity contribution in [2.75, 3.05) is 6.54 Å². The van der Waals surface area contributed by atoms with E-state index >= 15 is 0 Å². The minimum absolute atomic E-state index is 0.0208. The summed E-state index contributed by atoms with van der Waals surface area (Å²) in [5.74, 6) is -4.08. The number of urea groups is 1. The van der Waals surface area contributed by atoms with Crippen molar-refractivity contribution in [3.8, 4) is 0 Å². The minimum Gasteiger partial charge on any atom is -0.480 e. The van der Waals surface area contributed by atoms with Gasteiger partial charge in [-0.15, -0.1) is 0 Å². The van der Waals surface area contributed by atoms with Gasteiger partial charge in [-0.3, -0.25) is 19.2 Å². The van der Waals surface area contributed by atoms with Crippen LogP contribution in [-0.2, 0) is 28.7 Å². The molecule has 0 radical (unpaired) electrons. The monoisotopic (exact) mass is 515 g/mol. The number of carboxylic acid groups (broad SMARTS) is 1. The number of esters is 1. The Morgan fingerprint density at radius 2 is 1.56 bits per heavy atom. The molecule has 0 fully saturated rings. The molecule has 0 spiro atoms. The lowest BCUT2D eigenvalue weighted by atomic mass is 9.97. The van der Waals surface area contributed by atoms with Crippen LogP contribution in [0.2, 0.25) is 0 Å². The van der Waals surface area contributed by atoms with Crippen molar-refractivity contribution in [2.24, 2.45) is 11.7 Å². The Kier molecular flexibility index (Phi) is 14.1. The smallest absolute Gasteiger partial charge is 0.326 e. The molecule has 7 N–H and O–H groups in total. The molecule has 0 aromatic rings. The number of carbonyl (C=O) groups excluding carboxylic acids is 5. The van der Waals surface area contributed by atoms with E-state index in [0.717, 1.165) is 0 Å². The number of hydrogen-bond acceptors (Lipinski definition) is 7. The standard InChI is InChI=1S/C23H41N5O8/c1-7-13(2)18(20(32)27-16(21(33)34)9-8-12-25-22(24)35)28-19(31)15(26-14(3)29)10-11-17(30)36-23(4,5)6/h13,15-16,18H,7-12H2,1-6H3,(H,26,29)(H,27,32)(H,28,31)(H,33,34)(H3,24,25,35)/t13-,15-,16-,18-/m0/s1. The normalized spacial score (nSPS) is 14.4. The largest absolute Gasteiger partial charge is 0.480 e. The van der Waals surface area contributed by atoms with E-state index in [-0.39, 0.29) is 38.1 Å². The number of hydrogen-bond donors (Lipinski definition) is 6. The summed E-state index contributed by atoms with van der Waals surface area (Å²) in [7, 11) is 0. The third-order valence-electron chi connectivity index (χ3n) is 5.13. The second-order valence-corrected chi connectivity index (χ2v) is 9.58. The van der Waals surface area contributed by atoms with Gasteiger partial charge in [0.2, 0.25) is 17.7 Å². The van der Waals surface area contributed by atoms with Crippen LogP contribution in [0.1, 0.15) is 73.6 Å². The Morgan fingerprint density at radius 3 is 2.03 bits per heavy atom. The molecule has 0 bridgehead atoms. The van der Waals surface area contributed by atoms with E-state index in [1.807, 2.05) is 0 Å². The van der Waals surface area contributed by atoms with E-state index in [1.54, 1.807) is 34.6 Å². The van der Waals surface area contributed by atoms with Crippen LogP contribution in [0.5, 0.6) is 0 Å². The van der Waals surface area contributed by atoms with Gasteiger partial charge in [0.05, 0.1) is 0 Å². The summed E-state index contributed by atoms with van der Waals surface area (Å²) in [6.07, 6.45) is 0.556. The lowest BCUT2D eigenvalue weighted by Gasteiger charge is -2.27. The first kappa shape index (κ1) is 32.6. The SMILES string of the molecule is CC[C@H](C)[C@H](NC(=O)[C@H](CCC(=O)OC(C)(C)C)NC(C)=O)C(=O)N[C@@H](CCCNC(N)=O)C(=O)O. The molecule has 0 saturated carbocycles. The zero-order chi connectivity index (χ0) is 28.1. The minimum atomic E-state index is -1.27. The number of nitrogens with one attached hydrogen (secondary N) is 4. The topological polar surface area (TPSA) is 206 Å².